The van der Waals surface area contributed by atoms with Gasteiger partial charge in [-0.1, -0.05) is 37.6 Å². The van der Waals surface area contributed by atoms with Gasteiger partial charge in [-0.3, -0.25) is 0 Å². The third-order valence-corrected chi connectivity index (χ3v) is 1.44. The van der Waals surface area contributed by atoms with E-state index in [9.17, 15) is 0 Å². The summed E-state index contributed by atoms with van der Waals surface area (Å²) in [5.41, 5.74) is 2.55. The minimum atomic E-state index is 1.01. The average Bonchev–Trinajstić information content (AvgIpc) is 1.82. The van der Waals surface area contributed by atoms with Crippen LogP contribution in [0.3, 0.4) is 0 Å². The van der Waals surface area contributed by atoms with Gasteiger partial charge in [-0.25, -0.2) is 0 Å². The minimum Gasteiger partial charge on any atom is -0.0998 e. The van der Waals surface area contributed by atoms with Gasteiger partial charge < -0.3 is 0 Å². The van der Waals surface area contributed by atoms with Crippen LogP contribution in [-0.4, -0.2) is 0 Å². The van der Waals surface area contributed by atoms with E-state index in [1.54, 1.807) is 0 Å². The Bertz CT molecular complexity index is 120. The lowest BCUT2D eigenvalue weighted by atomic mass is 10.0. The molecule has 58 valence electrons. The molecule has 0 nitrogen and oxygen atoms in total. The van der Waals surface area contributed by atoms with E-state index in [1.165, 1.54) is 30.4 Å². The average molecular weight is 138 g/mol. The van der Waals surface area contributed by atoms with Crippen molar-refractivity contribution in [3.63, 3.8) is 0 Å². The van der Waals surface area contributed by atoms with Crippen LogP contribution in [0.1, 0.15) is 39.5 Å². The maximum absolute atomic E-state index is 3.97. The van der Waals surface area contributed by atoms with E-state index >= 15 is 0 Å². The maximum atomic E-state index is 3.97. The molecule has 0 heterocycles. The quantitative estimate of drug-likeness (QED) is 0.508. The van der Waals surface area contributed by atoms with Crippen molar-refractivity contribution in [1.82, 2.24) is 0 Å². The van der Waals surface area contributed by atoms with Crippen LogP contribution in [0.2, 0.25) is 0 Å². The Morgan fingerprint density at radius 1 is 1.30 bits per heavy atom. The van der Waals surface area contributed by atoms with E-state index in [2.05, 4.69) is 27.0 Å². The molecule has 0 fully saturated rings. The number of hydrogen-bond acceptors (Lipinski definition) is 0. The lowest BCUT2D eigenvalue weighted by Crippen LogP contribution is -1.82. The maximum Gasteiger partial charge on any atom is -0.0117 e. The van der Waals surface area contributed by atoms with Crippen molar-refractivity contribution < 1.29 is 0 Å². The van der Waals surface area contributed by atoms with Gasteiger partial charge in [0.1, 0.15) is 0 Å². The SMILES string of the molecule is C=C(C)CC(=C)CCCC. The highest BCUT2D eigenvalue weighted by Crippen LogP contribution is 2.12. The second kappa shape index (κ2) is 5.28. The minimum absolute atomic E-state index is 1.01. The summed E-state index contributed by atoms with van der Waals surface area (Å²) in [5.74, 6) is 0. The van der Waals surface area contributed by atoms with Crippen molar-refractivity contribution in [1.29, 1.82) is 0 Å². The summed E-state index contributed by atoms with van der Waals surface area (Å²) in [4.78, 5) is 0. The Morgan fingerprint density at radius 2 is 1.90 bits per heavy atom. The van der Waals surface area contributed by atoms with Gasteiger partial charge in [0.05, 0.1) is 0 Å². The van der Waals surface area contributed by atoms with E-state index < -0.39 is 0 Å². The molecule has 0 aromatic heterocycles. The van der Waals surface area contributed by atoms with Crippen molar-refractivity contribution in [2.24, 2.45) is 0 Å². The second-order valence-electron chi connectivity index (χ2n) is 2.99. The molecule has 0 aliphatic rings. The molecule has 0 bridgehead atoms. The van der Waals surface area contributed by atoms with Crippen molar-refractivity contribution in [2.45, 2.75) is 39.5 Å². The largest absolute Gasteiger partial charge is 0.0998 e. The molecule has 0 saturated heterocycles. The first-order valence-electron chi connectivity index (χ1n) is 3.97. The van der Waals surface area contributed by atoms with E-state index in [1.807, 2.05) is 0 Å². The Balaban J connectivity index is 3.35. The van der Waals surface area contributed by atoms with Gasteiger partial charge in [-0.2, -0.15) is 0 Å². The predicted octanol–water partition coefficient (Wildman–Crippen LogP) is 3.70. The van der Waals surface area contributed by atoms with Crippen LogP contribution in [0, 0.1) is 0 Å². The summed E-state index contributed by atoms with van der Waals surface area (Å²) >= 11 is 0. The van der Waals surface area contributed by atoms with Gasteiger partial charge in [0.2, 0.25) is 0 Å². The molecule has 0 heteroatoms. The predicted molar refractivity (Wildman–Crippen MR) is 48.1 cm³/mol. The molecule has 0 unspecified atom stereocenters. The Kier molecular flexibility index (Phi) is 5.00. The molecule has 0 aromatic carbocycles. The summed E-state index contributed by atoms with van der Waals surface area (Å²) in [5, 5.41) is 0. The number of unbranched alkanes of at least 4 members (excludes halogenated alkanes) is 1. The van der Waals surface area contributed by atoms with Crippen molar-refractivity contribution in [3.8, 4) is 0 Å². The van der Waals surface area contributed by atoms with Crippen LogP contribution < -0.4 is 0 Å². The third kappa shape index (κ3) is 5.61. The Morgan fingerprint density at radius 3 is 2.30 bits per heavy atom. The molecule has 0 spiro atoms. The molecule has 0 rings (SSSR count). The highest BCUT2D eigenvalue weighted by Gasteiger charge is 1.92. The monoisotopic (exact) mass is 138 g/mol. The van der Waals surface area contributed by atoms with E-state index in [-0.39, 0.29) is 0 Å². The standard InChI is InChI=1S/C10H18/c1-5-6-7-10(4)8-9(2)3/h2,4-8H2,1,3H3. The zero-order valence-electron chi connectivity index (χ0n) is 7.24. The zero-order valence-corrected chi connectivity index (χ0v) is 7.24. The van der Waals surface area contributed by atoms with Crippen LogP contribution in [0.25, 0.3) is 0 Å². The van der Waals surface area contributed by atoms with Gasteiger partial charge in [0.25, 0.3) is 0 Å². The van der Waals surface area contributed by atoms with Gasteiger partial charge in [-0.05, 0) is 26.2 Å². The fraction of sp³-hybridized carbons (Fsp3) is 0.600. The van der Waals surface area contributed by atoms with Crippen molar-refractivity contribution in [2.75, 3.05) is 0 Å². The van der Waals surface area contributed by atoms with Crippen LogP contribution in [0.5, 0.6) is 0 Å². The zero-order chi connectivity index (χ0) is 7.98. The number of allylic oxidation sites excluding steroid dienone is 2. The smallest absolute Gasteiger partial charge is 0.0117 e. The first-order valence-corrected chi connectivity index (χ1v) is 3.97. The summed E-state index contributed by atoms with van der Waals surface area (Å²) in [6.07, 6.45) is 4.71. The number of rotatable bonds is 5. The lowest BCUT2D eigenvalue weighted by Gasteiger charge is -2.02. The van der Waals surface area contributed by atoms with E-state index in [0.29, 0.717) is 0 Å². The summed E-state index contributed by atoms with van der Waals surface area (Å²) in [6.45, 7) is 12.1. The lowest BCUT2D eigenvalue weighted by molar-refractivity contribution is 0.773. The molecule has 0 saturated carbocycles. The molecule has 0 aromatic rings. The summed E-state index contributed by atoms with van der Waals surface area (Å²) < 4.78 is 0. The first kappa shape index (κ1) is 9.48. The Hall–Kier alpha value is -0.520. The van der Waals surface area contributed by atoms with Crippen molar-refractivity contribution >= 4 is 0 Å². The normalized spacial score (nSPS) is 9.40. The first-order chi connectivity index (χ1) is 4.66. The van der Waals surface area contributed by atoms with Crippen LogP contribution >= 0.6 is 0 Å². The highest BCUT2D eigenvalue weighted by molar-refractivity contribution is 5.06. The van der Waals surface area contributed by atoms with E-state index in [4.69, 9.17) is 0 Å². The van der Waals surface area contributed by atoms with Crippen LogP contribution in [-0.2, 0) is 0 Å². The topological polar surface area (TPSA) is 0 Å². The van der Waals surface area contributed by atoms with E-state index in [0.717, 1.165) is 6.42 Å². The molecular weight excluding hydrogens is 120 g/mol. The van der Waals surface area contributed by atoms with Gasteiger partial charge in [0.15, 0.2) is 0 Å². The highest BCUT2D eigenvalue weighted by atomic mass is 14.0. The van der Waals surface area contributed by atoms with Gasteiger partial charge in [0, 0.05) is 0 Å². The fourth-order valence-corrected chi connectivity index (χ4v) is 0.942. The summed E-state index contributed by atoms with van der Waals surface area (Å²) in [6, 6.07) is 0. The van der Waals surface area contributed by atoms with Crippen LogP contribution in [0.15, 0.2) is 24.3 Å². The molecule has 0 aliphatic heterocycles. The second-order valence-corrected chi connectivity index (χ2v) is 2.99. The third-order valence-electron chi connectivity index (χ3n) is 1.44. The van der Waals surface area contributed by atoms with Gasteiger partial charge in [-0.15, -0.1) is 0 Å². The molecule has 0 aliphatic carbocycles. The molecule has 0 amide bonds. The van der Waals surface area contributed by atoms with Crippen LogP contribution in [0.4, 0.5) is 0 Å². The molecular formula is C10H18. The summed E-state index contributed by atoms with van der Waals surface area (Å²) in [7, 11) is 0. The molecule has 0 N–H and O–H groups in total. The number of hydrogen-bond donors (Lipinski definition) is 0. The molecule has 0 atom stereocenters. The van der Waals surface area contributed by atoms with Gasteiger partial charge >= 0.3 is 0 Å². The molecule has 0 radical (unpaired) electrons. The molecule has 10 heavy (non-hydrogen) atoms. The fourth-order valence-electron chi connectivity index (χ4n) is 0.942. The van der Waals surface area contributed by atoms with Crippen molar-refractivity contribution in [3.05, 3.63) is 24.3 Å². The Labute approximate surface area is 64.6 Å².